The zero-order valence-electron chi connectivity index (χ0n) is 13.2. The number of rotatable bonds is 6. The minimum Gasteiger partial charge on any atom is -0.497 e. The van der Waals surface area contributed by atoms with Crippen LogP contribution in [0.3, 0.4) is 0 Å². The van der Waals surface area contributed by atoms with Crippen molar-refractivity contribution in [3.8, 4) is 17.0 Å². The number of benzene rings is 1. The van der Waals surface area contributed by atoms with Crippen molar-refractivity contribution in [3.63, 3.8) is 0 Å². The van der Waals surface area contributed by atoms with Gasteiger partial charge in [-0.1, -0.05) is 6.07 Å². The van der Waals surface area contributed by atoms with Gasteiger partial charge in [-0.15, -0.1) is 11.3 Å². The van der Waals surface area contributed by atoms with E-state index < -0.39 is 0 Å². The number of carbonyl (C=O) groups is 1. The van der Waals surface area contributed by atoms with E-state index in [0.29, 0.717) is 13.0 Å². The third-order valence-corrected chi connectivity index (χ3v) is 4.37. The van der Waals surface area contributed by atoms with Crippen molar-refractivity contribution in [2.24, 2.45) is 0 Å². The highest BCUT2D eigenvalue weighted by molar-refractivity contribution is 7.10. The first kappa shape index (κ1) is 16.1. The first-order valence-corrected chi connectivity index (χ1v) is 8.37. The van der Waals surface area contributed by atoms with Gasteiger partial charge in [0, 0.05) is 10.4 Å². The topological polar surface area (TPSA) is 64.1 Å². The van der Waals surface area contributed by atoms with E-state index in [1.54, 1.807) is 18.4 Å². The number of hydrogen-bond donors (Lipinski definition) is 1. The number of methoxy groups -OCH3 is 1. The summed E-state index contributed by atoms with van der Waals surface area (Å²) < 4.78 is 5.16. The highest BCUT2D eigenvalue weighted by atomic mass is 32.1. The molecule has 0 saturated heterocycles. The number of nitrogens with one attached hydrogen (secondary N) is 1. The average molecular weight is 339 g/mol. The Morgan fingerprint density at radius 3 is 2.75 bits per heavy atom. The van der Waals surface area contributed by atoms with E-state index >= 15 is 0 Å². The third kappa shape index (κ3) is 4.17. The van der Waals surface area contributed by atoms with Gasteiger partial charge in [-0.2, -0.15) is 0 Å². The number of thiophene rings is 1. The molecule has 0 saturated carbocycles. The normalized spacial score (nSPS) is 10.4. The van der Waals surface area contributed by atoms with Crippen molar-refractivity contribution in [1.29, 1.82) is 0 Å². The van der Waals surface area contributed by atoms with Crippen molar-refractivity contribution < 1.29 is 9.53 Å². The van der Waals surface area contributed by atoms with Crippen molar-refractivity contribution in [2.45, 2.75) is 13.0 Å². The van der Waals surface area contributed by atoms with Crippen LogP contribution in [-0.4, -0.2) is 23.0 Å². The summed E-state index contributed by atoms with van der Waals surface area (Å²) in [5.41, 5.74) is 2.56. The summed E-state index contributed by atoms with van der Waals surface area (Å²) in [4.78, 5) is 21.5. The number of carbonyl (C=O) groups excluding carboxylic acids is 1. The van der Waals surface area contributed by atoms with Crippen molar-refractivity contribution in [1.82, 2.24) is 15.3 Å². The molecule has 0 aliphatic rings. The number of nitrogens with zero attached hydrogens (tertiary/aromatic N) is 2. The van der Waals surface area contributed by atoms with Crippen molar-refractivity contribution in [3.05, 3.63) is 64.7 Å². The molecule has 122 valence electrons. The van der Waals surface area contributed by atoms with Crippen LogP contribution < -0.4 is 10.1 Å². The minimum absolute atomic E-state index is 0.0120. The highest BCUT2D eigenvalue weighted by Crippen LogP contribution is 2.20. The Hall–Kier alpha value is -2.73. The zero-order chi connectivity index (χ0) is 16.8. The summed E-state index contributed by atoms with van der Waals surface area (Å²) in [5.74, 6) is 0.788. The Morgan fingerprint density at radius 2 is 2.04 bits per heavy atom. The molecule has 1 N–H and O–H groups in total. The van der Waals surface area contributed by atoms with E-state index in [4.69, 9.17) is 4.74 Å². The average Bonchev–Trinajstić information content (AvgIpc) is 3.13. The second-order valence-corrected chi connectivity index (χ2v) is 6.19. The fourth-order valence-corrected chi connectivity index (χ4v) is 2.94. The molecular formula is C18H17N3O2S. The van der Waals surface area contributed by atoms with E-state index in [1.165, 1.54) is 6.33 Å². The maximum absolute atomic E-state index is 11.9. The van der Waals surface area contributed by atoms with Gasteiger partial charge in [-0.3, -0.25) is 4.79 Å². The zero-order valence-corrected chi connectivity index (χ0v) is 14.0. The van der Waals surface area contributed by atoms with E-state index in [1.807, 2.05) is 47.8 Å². The summed E-state index contributed by atoms with van der Waals surface area (Å²) in [5, 5.41) is 4.86. The Balaban J connectivity index is 1.63. The smallest absolute Gasteiger partial charge is 0.225 e. The predicted molar refractivity (Wildman–Crippen MR) is 93.9 cm³/mol. The van der Waals surface area contributed by atoms with Crippen LogP contribution in [0.1, 0.15) is 10.6 Å². The van der Waals surface area contributed by atoms with Crippen molar-refractivity contribution >= 4 is 17.2 Å². The molecule has 5 nitrogen and oxygen atoms in total. The van der Waals surface area contributed by atoms with Gasteiger partial charge in [-0.05, 0) is 41.8 Å². The molecule has 0 fully saturated rings. The Morgan fingerprint density at radius 1 is 1.21 bits per heavy atom. The lowest BCUT2D eigenvalue weighted by Crippen LogP contribution is -2.24. The molecule has 0 aliphatic carbocycles. The molecule has 6 heteroatoms. The molecule has 0 radical (unpaired) electrons. The largest absolute Gasteiger partial charge is 0.497 e. The molecule has 1 amide bonds. The van der Waals surface area contributed by atoms with Crippen LogP contribution in [0.15, 0.2) is 54.2 Å². The first-order chi connectivity index (χ1) is 11.7. The van der Waals surface area contributed by atoms with Gasteiger partial charge in [0.05, 0.1) is 31.5 Å². The van der Waals surface area contributed by atoms with E-state index in [2.05, 4.69) is 15.3 Å². The van der Waals surface area contributed by atoms with Gasteiger partial charge in [0.25, 0.3) is 0 Å². The summed E-state index contributed by atoms with van der Waals surface area (Å²) in [7, 11) is 1.64. The summed E-state index contributed by atoms with van der Waals surface area (Å²) in [6.07, 6.45) is 1.91. The molecule has 2 heterocycles. The molecule has 0 atom stereocenters. The number of amides is 1. The Kier molecular flexibility index (Phi) is 5.18. The van der Waals surface area contributed by atoms with Gasteiger partial charge in [0.2, 0.25) is 5.91 Å². The van der Waals surface area contributed by atoms with Crippen LogP contribution in [0.5, 0.6) is 5.75 Å². The van der Waals surface area contributed by atoms with Gasteiger partial charge in [0.15, 0.2) is 0 Å². The summed E-state index contributed by atoms with van der Waals surface area (Å²) in [6, 6.07) is 13.4. The lowest BCUT2D eigenvalue weighted by atomic mass is 10.1. The van der Waals surface area contributed by atoms with Crippen LogP contribution in [-0.2, 0) is 17.8 Å². The van der Waals surface area contributed by atoms with Gasteiger partial charge < -0.3 is 10.1 Å². The maximum Gasteiger partial charge on any atom is 0.225 e. The molecule has 0 aliphatic heterocycles. The van der Waals surface area contributed by atoms with Crippen LogP contribution in [0.2, 0.25) is 0 Å². The molecule has 24 heavy (non-hydrogen) atoms. The van der Waals surface area contributed by atoms with Crippen LogP contribution in [0.4, 0.5) is 0 Å². The van der Waals surface area contributed by atoms with E-state index in [9.17, 15) is 4.79 Å². The fraction of sp³-hybridized carbons (Fsp3) is 0.167. The summed E-state index contributed by atoms with van der Waals surface area (Å²) in [6.45, 7) is 0.385. The minimum atomic E-state index is -0.0120. The molecule has 3 rings (SSSR count). The molecule has 1 aromatic carbocycles. The molecule has 2 aromatic heterocycles. The fourth-order valence-electron chi connectivity index (χ4n) is 2.24. The second kappa shape index (κ2) is 7.70. The third-order valence-electron chi connectivity index (χ3n) is 3.49. The van der Waals surface area contributed by atoms with Crippen LogP contribution >= 0.6 is 11.3 Å². The second-order valence-electron chi connectivity index (χ2n) is 5.16. The Labute approximate surface area is 144 Å². The molecule has 0 spiro atoms. The van der Waals surface area contributed by atoms with E-state index in [0.717, 1.165) is 27.6 Å². The van der Waals surface area contributed by atoms with Crippen LogP contribution in [0.25, 0.3) is 11.3 Å². The summed E-state index contributed by atoms with van der Waals surface area (Å²) >= 11 is 1.58. The van der Waals surface area contributed by atoms with Gasteiger partial charge >= 0.3 is 0 Å². The SMILES string of the molecule is COc1ccc(-c2cc(CNC(=O)Cc3cccs3)ncn2)cc1. The first-order valence-electron chi connectivity index (χ1n) is 7.49. The number of ether oxygens (including phenoxy) is 1. The van der Waals surface area contributed by atoms with Gasteiger partial charge in [0.1, 0.15) is 12.1 Å². The highest BCUT2D eigenvalue weighted by Gasteiger charge is 2.06. The number of aromatic nitrogens is 2. The van der Waals surface area contributed by atoms with Gasteiger partial charge in [-0.25, -0.2) is 9.97 Å². The lowest BCUT2D eigenvalue weighted by Gasteiger charge is -2.06. The Bertz CT molecular complexity index is 801. The monoisotopic (exact) mass is 339 g/mol. The lowest BCUT2D eigenvalue weighted by molar-refractivity contribution is -0.120. The molecular weight excluding hydrogens is 322 g/mol. The maximum atomic E-state index is 11.9. The molecule has 0 bridgehead atoms. The van der Waals surface area contributed by atoms with Crippen LogP contribution in [0, 0.1) is 0 Å². The van der Waals surface area contributed by atoms with Crippen molar-refractivity contribution in [2.75, 3.05) is 7.11 Å². The quantitative estimate of drug-likeness (QED) is 0.750. The standard InChI is InChI=1S/C18H17N3O2S/c1-23-15-6-4-13(5-7-15)17-9-14(20-12-21-17)11-19-18(22)10-16-3-2-8-24-16/h2-9,12H,10-11H2,1H3,(H,19,22). The predicted octanol–water partition coefficient (Wildman–Crippen LogP) is 3.07. The van der Waals surface area contributed by atoms with E-state index in [-0.39, 0.29) is 5.91 Å². The molecule has 0 unspecified atom stereocenters. The molecule has 3 aromatic rings. The number of hydrogen-bond acceptors (Lipinski definition) is 5.